The number of benzene rings is 3. The fraction of sp³-hybridized carbons (Fsp3) is 0.129. The van der Waals surface area contributed by atoms with Gasteiger partial charge in [0.1, 0.15) is 11.3 Å². The second-order valence-electron chi connectivity index (χ2n) is 9.20. The Kier molecular flexibility index (Phi) is 6.40. The number of fused-ring (bicyclic) bond motifs is 2. The molecule has 0 N–H and O–H groups in total. The Morgan fingerprint density at radius 3 is 2.62 bits per heavy atom. The number of hydrogen-bond acceptors (Lipinski definition) is 5. The maximum Gasteiger partial charge on any atom is 0.282 e. The molecule has 0 bridgehead atoms. The summed E-state index contributed by atoms with van der Waals surface area (Å²) in [5, 5.41) is 6.03. The first-order chi connectivity index (χ1) is 18.9. The van der Waals surface area contributed by atoms with Crippen LogP contribution in [0.4, 0.5) is 0 Å². The van der Waals surface area contributed by atoms with Gasteiger partial charge in [0.05, 0.1) is 23.7 Å². The normalized spacial score (nSPS) is 11.7. The molecule has 3 aromatic carbocycles. The SMILES string of the molecule is CCOc1ccc(-n2c(C)cc(C=Nn3c(-c4cc5cc(Br)ccc5o4)nc4ccccc4c3=O)c2C)cc1. The number of para-hydroxylation sites is 1. The molecule has 6 rings (SSSR count). The van der Waals surface area contributed by atoms with Crippen molar-refractivity contribution >= 4 is 44.0 Å². The molecule has 6 aromatic rings. The molecule has 0 saturated heterocycles. The maximum atomic E-state index is 13.6. The van der Waals surface area contributed by atoms with Crippen molar-refractivity contribution < 1.29 is 9.15 Å². The largest absolute Gasteiger partial charge is 0.494 e. The van der Waals surface area contributed by atoms with Gasteiger partial charge in [-0.1, -0.05) is 28.1 Å². The summed E-state index contributed by atoms with van der Waals surface area (Å²) in [6, 6.07) is 24.9. The van der Waals surface area contributed by atoms with Gasteiger partial charge in [0.2, 0.25) is 5.82 Å². The molecule has 0 atom stereocenters. The van der Waals surface area contributed by atoms with Crippen molar-refractivity contribution in [1.82, 2.24) is 14.2 Å². The van der Waals surface area contributed by atoms with E-state index in [0.29, 0.717) is 34.7 Å². The van der Waals surface area contributed by atoms with Crippen LogP contribution < -0.4 is 10.3 Å². The van der Waals surface area contributed by atoms with Crippen molar-refractivity contribution in [3.8, 4) is 23.0 Å². The molecule has 0 aliphatic heterocycles. The van der Waals surface area contributed by atoms with Gasteiger partial charge in [0, 0.05) is 32.5 Å². The van der Waals surface area contributed by atoms with Gasteiger partial charge in [0.15, 0.2) is 5.76 Å². The number of furan rings is 1. The number of aromatic nitrogens is 3. The molecule has 7 nitrogen and oxygen atoms in total. The van der Waals surface area contributed by atoms with Crippen LogP contribution in [0.25, 0.3) is 39.1 Å². The van der Waals surface area contributed by atoms with E-state index in [1.807, 2.05) is 93.6 Å². The third kappa shape index (κ3) is 4.57. The summed E-state index contributed by atoms with van der Waals surface area (Å²) >= 11 is 3.50. The molecule has 0 unspecified atom stereocenters. The number of hydrogen-bond donors (Lipinski definition) is 0. The molecule has 0 aliphatic rings. The average molecular weight is 581 g/mol. The van der Waals surface area contributed by atoms with Gasteiger partial charge in [0.25, 0.3) is 5.56 Å². The minimum absolute atomic E-state index is 0.270. The van der Waals surface area contributed by atoms with E-state index in [2.05, 4.69) is 25.6 Å². The van der Waals surface area contributed by atoms with Crippen LogP contribution in [0.1, 0.15) is 23.9 Å². The predicted molar refractivity (Wildman–Crippen MR) is 158 cm³/mol. The monoisotopic (exact) mass is 580 g/mol. The summed E-state index contributed by atoms with van der Waals surface area (Å²) in [4.78, 5) is 18.4. The van der Waals surface area contributed by atoms with Crippen LogP contribution in [0.5, 0.6) is 5.75 Å². The highest BCUT2D eigenvalue weighted by atomic mass is 79.9. The Hall–Kier alpha value is -4.43. The maximum absolute atomic E-state index is 13.6. The van der Waals surface area contributed by atoms with E-state index in [1.165, 1.54) is 4.68 Å². The highest BCUT2D eigenvalue weighted by Crippen LogP contribution is 2.29. The van der Waals surface area contributed by atoms with Gasteiger partial charge < -0.3 is 13.7 Å². The smallest absolute Gasteiger partial charge is 0.282 e. The lowest BCUT2D eigenvalue weighted by atomic mass is 10.2. The lowest BCUT2D eigenvalue weighted by Gasteiger charge is -2.11. The van der Waals surface area contributed by atoms with Crippen molar-refractivity contribution in [3.63, 3.8) is 0 Å². The standard InChI is InChI=1S/C31H25BrN4O3/c1-4-38-25-12-10-24(11-13-25)35-19(2)15-22(20(35)3)18-33-36-30(34-27-8-6-5-7-26(27)31(36)37)29-17-21-16-23(32)9-14-28(21)39-29/h5-18H,4H2,1-3H3. The number of aryl methyl sites for hydroxylation is 1. The van der Waals surface area contributed by atoms with Crippen LogP contribution in [-0.4, -0.2) is 27.0 Å². The molecule has 0 saturated carbocycles. The Balaban J connectivity index is 1.46. The number of halogens is 1. The molecule has 3 heterocycles. The van der Waals surface area contributed by atoms with E-state index in [0.717, 1.165) is 38.2 Å². The van der Waals surface area contributed by atoms with Crippen LogP contribution in [0, 0.1) is 13.8 Å². The first-order valence-electron chi connectivity index (χ1n) is 12.6. The fourth-order valence-electron chi connectivity index (χ4n) is 4.81. The van der Waals surface area contributed by atoms with Gasteiger partial charge in [-0.3, -0.25) is 4.79 Å². The van der Waals surface area contributed by atoms with E-state index in [4.69, 9.17) is 14.1 Å². The van der Waals surface area contributed by atoms with E-state index in [1.54, 1.807) is 12.3 Å². The minimum atomic E-state index is -0.270. The zero-order valence-electron chi connectivity index (χ0n) is 21.7. The zero-order valence-corrected chi connectivity index (χ0v) is 23.3. The Morgan fingerprint density at radius 1 is 1.03 bits per heavy atom. The summed E-state index contributed by atoms with van der Waals surface area (Å²) in [6.07, 6.45) is 1.70. The van der Waals surface area contributed by atoms with Crippen molar-refractivity contribution in [2.24, 2.45) is 5.10 Å². The highest BCUT2D eigenvalue weighted by molar-refractivity contribution is 9.10. The molecule has 0 radical (unpaired) electrons. The van der Waals surface area contributed by atoms with Crippen molar-refractivity contribution in [2.45, 2.75) is 20.8 Å². The second kappa shape index (κ2) is 10.0. The summed E-state index contributed by atoms with van der Waals surface area (Å²) < 4.78 is 16.1. The van der Waals surface area contributed by atoms with Crippen LogP contribution in [0.2, 0.25) is 0 Å². The Morgan fingerprint density at radius 2 is 1.82 bits per heavy atom. The Bertz CT molecular complexity index is 1930. The lowest BCUT2D eigenvalue weighted by Crippen LogP contribution is -2.20. The quantitative estimate of drug-likeness (QED) is 0.194. The summed E-state index contributed by atoms with van der Waals surface area (Å²) in [7, 11) is 0. The molecule has 39 heavy (non-hydrogen) atoms. The third-order valence-corrected chi connectivity index (χ3v) is 7.13. The summed E-state index contributed by atoms with van der Waals surface area (Å²) in [5.41, 5.74) is 4.97. The van der Waals surface area contributed by atoms with Crippen LogP contribution in [0.15, 0.2) is 97.6 Å². The molecule has 0 amide bonds. The van der Waals surface area contributed by atoms with Crippen LogP contribution in [0.3, 0.4) is 0 Å². The zero-order chi connectivity index (χ0) is 27.1. The van der Waals surface area contributed by atoms with Gasteiger partial charge in [-0.15, -0.1) is 0 Å². The molecule has 0 spiro atoms. The molecule has 8 heteroatoms. The van der Waals surface area contributed by atoms with Gasteiger partial charge >= 0.3 is 0 Å². The summed E-state index contributed by atoms with van der Waals surface area (Å²) in [5.74, 6) is 1.63. The number of rotatable bonds is 6. The van der Waals surface area contributed by atoms with Gasteiger partial charge in [-0.05, 0) is 87.5 Å². The van der Waals surface area contributed by atoms with Crippen LogP contribution >= 0.6 is 15.9 Å². The van der Waals surface area contributed by atoms with Crippen molar-refractivity contribution in [1.29, 1.82) is 0 Å². The Labute approximate surface area is 233 Å². The average Bonchev–Trinajstić information content (AvgIpc) is 3.48. The third-order valence-electron chi connectivity index (χ3n) is 6.64. The van der Waals surface area contributed by atoms with E-state index < -0.39 is 0 Å². The van der Waals surface area contributed by atoms with Crippen LogP contribution in [-0.2, 0) is 0 Å². The summed E-state index contributed by atoms with van der Waals surface area (Å²) in [6.45, 7) is 6.67. The molecule has 194 valence electrons. The number of ether oxygens (including phenoxy) is 1. The van der Waals surface area contributed by atoms with E-state index in [-0.39, 0.29) is 5.56 Å². The lowest BCUT2D eigenvalue weighted by molar-refractivity contribution is 0.340. The first kappa shape index (κ1) is 24.9. The predicted octanol–water partition coefficient (Wildman–Crippen LogP) is 7.26. The molecular weight excluding hydrogens is 556 g/mol. The fourth-order valence-corrected chi connectivity index (χ4v) is 5.19. The van der Waals surface area contributed by atoms with Gasteiger partial charge in [-0.25, -0.2) is 4.98 Å². The minimum Gasteiger partial charge on any atom is -0.494 e. The topological polar surface area (TPSA) is 74.6 Å². The highest BCUT2D eigenvalue weighted by Gasteiger charge is 2.17. The van der Waals surface area contributed by atoms with Crippen molar-refractivity contribution in [2.75, 3.05) is 6.61 Å². The van der Waals surface area contributed by atoms with Gasteiger partial charge in [-0.2, -0.15) is 9.78 Å². The molecule has 3 aromatic heterocycles. The second-order valence-corrected chi connectivity index (χ2v) is 10.1. The molecular formula is C31H25BrN4O3. The van der Waals surface area contributed by atoms with Crippen molar-refractivity contribution in [3.05, 3.63) is 111 Å². The molecule has 0 fully saturated rings. The first-order valence-corrected chi connectivity index (χ1v) is 13.4. The van der Waals surface area contributed by atoms with E-state index >= 15 is 0 Å². The van der Waals surface area contributed by atoms with E-state index in [9.17, 15) is 4.79 Å². The number of nitrogens with zero attached hydrogens (tertiary/aromatic N) is 4. The molecule has 0 aliphatic carbocycles.